The Kier molecular flexibility index (Phi) is 7.10. The number of rotatable bonds is 4. The van der Waals surface area contributed by atoms with Crippen molar-refractivity contribution in [2.45, 2.75) is 25.1 Å². The number of fused-ring (bicyclic) bond motifs is 1. The van der Waals surface area contributed by atoms with Gasteiger partial charge in [0.25, 0.3) is 0 Å². The topological polar surface area (TPSA) is 42.3 Å². The maximum Gasteiger partial charge on any atom is 0.0867 e. The van der Waals surface area contributed by atoms with Crippen LogP contribution in [-0.4, -0.2) is 59.6 Å². The normalized spacial score (nSPS) is 26.3. The molecular formula is C12H22Cl2N4O. The number of likely N-dealkylation sites (tertiary alicyclic amines) is 1. The third-order valence-electron chi connectivity index (χ3n) is 3.60. The van der Waals surface area contributed by atoms with Crippen molar-refractivity contribution in [3.8, 4) is 0 Å². The number of nitrogens with zero attached hydrogens (tertiary/aromatic N) is 3. The number of hydrogen-bond acceptors (Lipinski definition) is 4. The molecule has 2 aliphatic rings. The minimum Gasteiger partial charge on any atom is -0.374 e. The monoisotopic (exact) mass is 308 g/mol. The smallest absolute Gasteiger partial charge is 0.0867 e. The lowest BCUT2D eigenvalue weighted by molar-refractivity contribution is 0.0177. The van der Waals surface area contributed by atoms with Crippen molar-refractivity contribution in [3.63, 3.8) is 0 Å². The van der Waals surface area contributed by atoms with Crippen molar-refractivity contribution < 1.29 is 4.74 Å². The number of halogens is 2. The molecule has 0 aromatic carbocycles. The Morgan fingerprint density at radius 2 is 2.16 bits per heavy atom. The lowest BCUT2D eigenvalue weighted by Gasteiger charge is -2.25. The molecule has 1 aromatic heterocycles. The Hall–Kier alpha value is -0.330. The van der Waals surface area contributed by atoms with Gasteiger partial charge >= 0.3 is 0 Å². The van der Waals surface area contributed by atoms with Crippen LogP contribution in [0.15, 0.2) is 18.5 Å². The van der Waals surface area contributed by atoms with Gasteiger partial charge < -0.3 is 10.1 Å². The lowest BCUT2D eigenvalue weighted by Crippen LogP contribution is -2.47. The van der Waals surface area contributed by atoms with Gasteiger partial charge in [0.1, 0.15) is 0 Å². The largest absolute Gasteiger partial charge is 0.374 e. The van der Waals surface area contributed by atoms with Crippen LogP contribution >= 0.6 is 24.8 Å². The van der Waals surface area contributed by atoms with Crippen LogP contribution in [0.4, 0.5) is 0 Å². The molecule has 5 nitrogen and oxygen atoms in total. The van der Waals surface area contributed by atoms with E-state index in [4.69, 9.17) is 4.74 Å². The van der Waals surface area contributed by atoms with E-state index in [1.165, 1.54) is 0 Å². The number of ether oxygens (including phenoxy) is 1. The second-order valence-electron chi connectivity index (χ2n) is 4.85. The van der Waals surface area contributed by atoms with Crippen molar-refractivity contribution in [2.75, 3.05) is 32.8 Å². The predicted molar refractivity (Wildman–Crippen MR) is 79.3 cm³/mol. The highest BCUT2D eigenvalue weighted by atomic mass is 35.5. The molecule has 0 saturated carbocycles. The first-order valence-corrected chi connectivity index (χ1v) is 6.46. The molecule has 2 aliphatic heterocycles. The Morgan fingerprint density at radius 3 is 2.89 bits per heavy atom. The van der Waals surface area contributed by atoms with Gasteiger partial charge in [0.05, 0.1) is 12.7 Å². The van der Waals surface area contributed by atoms with Crippen LogP contribution in [0.3, 0.4) is 0 Å². The van der Waals surface area contributed by atoms with E-state index in [2.05, 4.69) is 15.3 Å². The fraction of sp³-hybridized carbons (Fsp3) is 0.750. The summed E-state index contributed by atoms with van der Waals surface area (Å²) in [5.74, 6) is 0. The summed E-state index contributed by atoms with van der Waals surface area (Å²) in [4.78, 5) is 2.50. The molecule has 0 radical (unpaired) electrons. The SMILES string of the molecule is Cl.Cl.c1cnn(CCCN2C[C@@H]3NCCO[C@H]3C2)c1. The van der Waals surface area contributed by atoms with E-state index in [-0.39, 0.29) is 24.8 Å². The Balaban J connectivity index is 0.000000902. The van der Waals surface area contributed by atoms with Crippen molar-refractivity contribution in [1.29, 1.82) is 0 Å². The molecule has 2 saturated heterocycles. The average Bonchev–Trinajstić information content (AvgIpc) is 2.96. The number of aryl methyl sites for hydroxylation is 1. The Labute approximate surface area is 126 Å². The van der Waals surface area contributed by atoms with E-state index in [0.29, 0.717) is 12.1 Å². The summed E-state index contributed by atoms with van der Waals surface area (Å²) in [6.45, 7) is 6.22. The maximum atomic E-state index is 5.76. The van der Waals surface area contributed by atoms with E-state index < -0.39 is 0 Å². The van der Waals surface area contributed by atoms with Gasteiger partial charge in [-0.05, 0) is 12.5 Å². The first kappa shape index (κ1) is 16.7. The first-order chi connectivity index (χ1) is 8.42. The van der Waals surface area contributed by atoms with E-state index in [1.807, 2.05) is 23.1 Å². The van der Waals surface area contributed by atoms with Crippen LogP contribution in [0, 0.1) is 0 Å². The Bertz CT molecular complexity index is 336. The van der Waals surface area contributed by atoms with Crippen LogP contribution in [0.5, 0.6) is 0 Å². The van der Waals surface area contributed by atoms with Crippen molar-refractivity contribution in [2.24, 2.45) is 0 Å². The van der Waals surface area contributed by atoms with Crippen molar-refractivity contribution in [1.82, 2.24) is 20.0 Å². The van der Waals surface area contributed by atoms with Gasteiger partial charge in [-0.2, -0.15) is 5.10 Å². The van der Waals surface area contributed by atoms with Gasteiger partial charge in [-0.1, -0.05) is 0 Å². The van der Waals surface area contributed by atoms with Crippen LogP contribution in [-0.2, 0) is 11.3 Å². The third kappa shape index (κ3) is 4.33. The third-order valence-corrected chi connectivity index (χ3v) is 3.60. The van der Waals surface area contributed by atoms with Gasteiger partial charge in [-0.3, -0.25) is 9.58 Å². The summed E-state index contributed by atoms with van der Waals surface area (Å²) < 4.78 is 7.76. The highest BCUT2D eigenvalue weighted by molar-refractivity contribution is 5.85. The molecule has 7 heteroatoms. The number of hydrogen-bond donors (Lipinski definition) is 1. The molecule has 0 amide bonds. The summed E-state index contributed by atoms with van der Waals surface area (Å²) in [6.07, 6.45) is 5.42. The quantitative estimate of drug-likeness (QED) is 0.893. The van der Waals surface area contributed by atoms with E-state index in [9.17, 15) is 0 Å². The summed E-state index contributed by atoms with van der Waals surface area (Å²) in [7, 11) is 0. The zero-order valence-electron chi connectivity index (χ0n) is 10.9. The minimum atomic E-state index is 0. The molecule has 1 aromatic rings. The molecule has 19 heavy (non-hydrogen) atoms. The lowest BCUT2D eigenvalue weighted by atomic mass is 10.2. The van der Waals surface area contributed by atoms with Gasteiger partial charge in [-0.25, -0.2) is 0 Å². The molecule has 0 spiro atoms. The molecule has 0 bridgehead atoms. The second-order valence-corrected chi connectivity index (χ2v) is 4.85. The molecule has 2 fully saturated rings. The van der Waals surface area contributed by atoms with Gasteiger partial charge in [0, 0.05) is 51.2 Å². The van der Waals surface area contributed by atoms with Crippen molar-refractivity contribution in [3.05, 3.63) is 18.5 Å². The molecule has 0 aliphatic carbocycles. The van der Waals surface area contributed by atoms with E-state index >= 15 is 0 Å². The summed E-state index contributed by atoms with van der Waals surface area (Å²) in [5, 5.41) is 7.74. The maximum absolute atomic E-state index is 5.76. The molecule has 0 unspecified atom stereocenters. The molecular weight excluding hydrogens is 287 g/mol. The number of nitrogens with one attached hydrogen (secondary N) is 1. The molecule has 3 rings (SSSR count). The summed E-state index contributed by atoms with van der Waals surface area (Å²) in [6, 6.07) is 2.52. The summed E-state index contributed by atoms with van der Waals surface area (Å²) >= 11 is 0. The highest BCUT2D eigenvalue weighted by Gasteiger charge is 2.34. The van der Waals surface area contributed by atoms with Crippen LogP contribution in [0.25, 0.3) is 0 Å². The van der Waals surface area contributed by atoms with Gasteiger partial charge in [-0.15, -0.1) is 24.8 Å². The number of morpholine rings is 1. The standard InChI is InChI=1S/C12H20N4O.2ClH/c1-3-14-16(6-1)7-2-5-15-9-11-12(10-15)17-8-4-13-11;;/h1,3,6,11-13H,2,4-5,7-10H2;2*1H/t11-,12-;;/m0../s1. The number of aromatic nitrogens is 2. The summed E-state index contributed by atoms with van der Waals surface area (Å²) in [5.41, 5.74) is 0. The average molecular weight is 309 g/mol. The minimum absolute atomic E-state index is 0. The molecule has 3 heterocycles. The second kappa shape index (κ2) is 8.07. The zero-order chi connectivity index (χ0) is 11.5. The van der Waals surface area contributed by atoms with Gasteiger partial charge in [0.2, 0.25) is 0 Å². The van der Waals surface area contributed by atoms with E-state index in [1.54, 1.807) is 0 Å². The Morgan fingerprint density at radius 1 is 1.26 bits per heavy atom. The van der Waals surface area contributed by atoms with Crippen LogP contribution < -0.4 is 5.32 Å². The zero-order valence-corrected chi connectivity index (χ0v) is 12.5. The molecule has 1 N–H and O–H groups in total. The highest BCUT2D eigenvalue weighted by Crippen LogP contribution is 2.16. The first-order valence-electron chi connectivity index (χ1n) is 6.46. The fourth-order valence-corrected chi connectivity index (χ4v) is 2.74. The molecule has 2 atom stereocenters. The van der Waals surface area contributed by atoms with E-state index in [0.717, 1.165) is 45.8 Å². The molecule has 110 valence electrons. The van der Waals surface area contributed by atoms with Crippen LogP contribution in [0.2, 0.25) is 0 Å². The van der Waals surface area contributed by atoms with Crippen molar-refractivity contribution >= 4 is 24.8 Å². The predicted octanol–water partition coefficient (Wildman–Crippen LogP) is 0.789. The van der Waals surface area contributed by atoms with Gasteiger partial charge in [0.15, 0.2) is 0 Å². The fourth-order valence-electron chi connectivity index (χ4n) is 2.74. The van der Waals surface area contributed by atoms with Crippen LogP contribution in [0.1, 0.15) is 6.42 Å².